The number of aliphatic hydroxyl groups excluding tert-OH is 2. The van der Waals surface area contributed by atoms with Crippen LogP contribution in [0.4, 0.5) is 0 Å². The number of aliphatic hydroxyl groups is 2. The first-order chi connectivity index (χ1) is 31.9. The molecule has 17 heteroatoms. The number of rotatable bonds is 22. The van der Waals surface area contributed by atoms with E-state index in [-0.39, 0.29) is 50.6 Å². The van der Waals surface area contributed by atoms with Crippen LogP contribution in [-0.4, -0.2) is 56.6 Å². The topological polar surface area (TPSA) is 212 Å². The largest absolute Gasteiger partial charge is 0.488 e. The molecule has 2 aromatic heterocycles. The van der Waals surface area contributed by atoms with E-state index in [1.807, 2.05) is 50.2 Å². The Bertz CT molecular complexity index is 2770. The number of ether oxygens (including phenoxy) is 4. The second kappa shape index (κ2) is 23.8. The number of aromatic nitrogens is 2. The SMILES string of the molecule is Cc1c(COc2cc(OCc3cncc(C#N)c3)c(CNC(C)CO)cc2Cl)cccc1-c1cccc(COc2cc(OCc3cncc(C#N)c3)c(CNC(CO)C(=O)O)cc2Cl)c1Br. The van der Waals surface area contributed by atoms with Crippen LogP contribution in [0, 0.1) is 29.6 Å². The molecule has 6 rings (SSSR count). The molecule has 340 valence electrons. The van der Waals surface area contributed by atoms with E-state index in [4.69, 9.17) is 42.1 Å². The molecule has 2 heterocycles. The molecule has 0 saturated carbocycles. The predicted molar refractivity (Wildman–Crippen MR) is 251 cm³/mol. The molecule has 0 spiro atoms. The number of carboxylic acid groups (broad SMARTS) is 1. The summed E-state index contributed by atoms with van der Waals surface area (Å²) in [7, 11) is 0. The van der Waals surface area contributed by atoms with Gasteiger partial charge in [-0.3, -0.25) is 20.1 Å². The molecule has 0 aliphatic heterocycles. The summed E-state index contributed by atoms with van der Waals surface area (Å²) in [5, 5.41) is 53.9. The molecule has 66 heavy (non-hydrogen) atoms. The molecule has 0 aliphatic rings. The third-order valence-electron chi connectivity index (χ3n) is 10.4. The quantitative estimate of drug-likeness (QED) is 0.0431. The van der Waals surface area contributed by atoms with Crippen LogP contribution in [-0.2, 0) is 44.3 Å². The van der Waals surface area contributed by atoms with Crippen LogP contribution in [0.25, 0.3) is 11.1 Å². The summed E-state index contributed by atoms with van der Waals surface area (Å²) in [6.07, 6.45) is 6.15. The van der Waals surface area contributed by atoms with Crippen molar-refractivity contribution in [3.8, 4) is 46.3 Å². The number of nitriles is 2. The van der Waals surface area contributed by atoms with Crippen molar-refractivity contribution in [1.82, 2.24) is 20.6 Å². The van der Waals surface area contributed by atoms with Crippen LogP contribution in [0.15, 0.2) is 102 Å². The summed E-state index contributed by atoms with van der Waals surface area (Å²) in [6.45, 7) is 4.11. The summed E-state index contributed by atoms with van der Waals surface area (Å²) in [5.74, 6) is 0.378. The Kier molecular flexibility index (Phi) is 17.7. The van der Waals surface area contributed by atoms with Gasteiger partial charge in [0, 0.05) is 88.3 Å². The predicted octanol–water partition coefficient (Wildman–Crippen LogP) is 8.59. The van der Waals surface area contributed by atoms with Gasteiger partial charge < -0.3 is 39.6 Å². The number of halogens is 3. The molecular weight excluding hydrogens is 951 g/mol. The van der Waals surface area contributed by atoms with Crippen LogP contribution >= 0.6 is 39.1 Å². The van der Waals surface area contributed by atoms with Gasteiger partial charge in [0.05, 0.1) is 34.4 Å². The Labute approximate surface area is 400 Å². The van der Waals surface area contributed by atoms with Crippen LogP contribution in [0.3, 0.4) is 0 Å². The maximum Gasteiger partial charge on any atom is 0.323 e. The zero-order valence-electron chi connectivity index (χ0n) is 35.9. The van der Waals surface area contributed by atoms with Gasteiger partial charge in [0.25, 0.3) is 0 Å². The Hall–Kier alpha value is -6.27. The lowest BCUT2D eigenvalue weighted by atomic mass is 9.95. The Morgan fingerprint density at radius 2 is 1.18 bits per heavy atom. The van der Waals surface area contributed by atoms with Crippen molar-refractivity contribution in [1.29, 1.82) is 10.5 Å². The number of pyridine rings is 2. The number of hydrogen-bond acceptors (Lipinski definition) is 13. The third kappa shape index (κ3) is 13.0. The van der Waals surface area contributed by atoms with Gasteiger partial charge in [-0.15, -0.1) is 0 Å². The van der Waals surface area contributed by atoms with Gasteiger partial charge in [0.1, 0.15) is 67.6 Å². The number of aliphatic carboxylic acids is 1. The molecule has 0 amide bonds. The lowest BCUT2D eigenvalue weighted by Gasteiger charge is -2.19. The molecule has 4 aromatic carbocycles. The van der Waals surface area contributed by atoms with Gasteiger partial charge in [0.15, 0.2) is 0 Å². The summed E-state index contributed by atoms with van der Waals surface area (Å²) < 4.78 is 25.8. The zero-order chi connectivity index (χ0) is 47.2. The van der Waals surface area contributed by atoms with Gasteiger partial charge in [-0.25, -0.2) is 0 Å². The first kappa shape index (κ1) is 49.2. The number of benzene rings is 4. The first-order valence-corrected chi connectivity index (χ1v) is 22.1. The highest BCUT2D eigenvalue weighted by Crippen LogP contribution is 2.39. The molecule has 0 saturated heterocycles. The molecule has 2 atom stereocenters. The van der Waals surface area contributed by atoms with E-state index in [2.05, 4.69) is 48.7 Å². The van der Waals surface area contributed by atoms with Gasteiger partial charge >= 0.3 is 5.97 Å². The lowest BCUT2D eigenvalue weighted by molar-refractivity contribution is -0.140. The molecule has 0 radical (unpaired) electrons. The van der Waals surface area contributed by atoms with Crippen LogP contribution in [0.1, 0.15) is 57.0 Å². The van der Waals surface area contributed by atoms with E-state index < -0.39 is 18.6 Å². The molecular formula is C49H45BrCl2N6O8. The zero-order valence-corrected chi connectivity index (χ0v) is 39.0. The van der Waals surface area contributed by atoms with Crippen molar-refractivity contribution in [3.63, 3.8) is 0 Å². The maximum absolute atomic E-state index is 11.6. The van der Waals surface area contributed by atoms with E-state index in [1.165, 1.54) is 12.4 Å². The Morgan fingerprint density at radius 1 is 0.682 bits per heavy atom. The summed E-state index contributed by atoms with van der Waals surface area (Å²) in [4.78, 5) is 19.8. The van der Waals surface area contributed by atoms with Gasteiger partial charge in [-0.1, -0.05) is 59.6 Å². The maximum atomic E-state index is 11.6. The Morgan fingerprint density at radius 3 is 1.70 bits per heavy atom. The minimum atomic E-state index is -1.21. The van der Waals surface area contributed by atoms with Crippen molar-refractivity contribution in [3.05, 3.63) is 162 Å². The van der Waals surface area contributed by atoms with Gasteiger partial charge in [-0.05, 0) is 76.3 Å². The second-order valence-electron chi connectivity index (χ2n) is 15.1. The van der Waals surface area contributed by atoms with Crippen molar-refractivity contribution in [2.45, 2.75) is 65.4 Å². The number of carboxylic acids is 1. The highest BCUT2D eigenvalue weighted by molar-refractivity contribution is 9.10. The Balaban J connectivity index is 1.20. The molecule has 0 bridgehead atoms. The summed E-state index contributed by atoms with van der Waals surface area (Å²) in [6, 6.07) is 24.7. The average molecular weight is 997 g/mol. The fourth-order valence-electron chi connectivity index (χ4n) is 6.65. The standard InChI is InChI=1S/C49H45BrCl2N6O8/c1-29(23-59)57-21-37-11-41(51)46(13-44(37)63-25-33-9-31(15-53)17-55-19-33)65-27-35-5-3-7-39(30(35)2)40-8-4-6-36(48(40)50)28-66-47-14-45(64-26-34-10-32(16-54)18-56-20-34)38(12-42(47)52)22-58-43(24-60)49(61)62/h3-14,17-20,29,43,57-60H,21-28H2,1-2H3,(H,61,62). The van der Waals surface area contributed by atoms with Crippen LogP contribution < -0.4 is 29.6 Å². The van der Waals surface area contributed by atoms with E-state index >= 15 is 0 Å². The molecule has 0 aliphatic carbocycles. The molecule has 2 unspecified atom stereocenters. The van der Waals surface area contributed by atoms with E-state index in [1.54, 1.807) is 48.8 Å². The van der Waals surface area contributed by atoms with Crippen LogP contribution in [0.5, 0.6) is 23.0 Å². The third-order valence-corrected chi connectivity index (χ3v) is 11.9. The fourth-order valence-corrected chi connectivity index (χ4v) is 7.72. The molecule has 5 N–H and O–H groups in total. The number of carbonyl (C=O) groups is 1. The van der Waals surface area contributed by atoms with Gasteiger partial charge in [0.2, 0.25) is 0 Å². The molecule has 0 fully saturated rings. The minimum Gasteiger partial charge on any atom is -0.488 e. The highest BCUT2D eigenvalue weighted by Gasteiger charge is 2.20. The van der Waals surface area contributed by atoms with E-state index in [0.717, 1.165) is 43.4 Å². The van der Waals surface area contributed by atoms with Crippen molar-refractivity contribution in [2.75, 3.05) is 13.2 Å². The second-order valence-corrected chi connectivity index (χ2v) is 16.7. The highest BCUT2D eigenvalue weighted by atomic mass is 79.9. The van der Waals surface area contributed by atoms with E-state index in [9.17, 15) is 30.6 Å². The monoisotopic (exact) mass is 994 g/mol. The number of hydrogen-bond donors (Lipinski definition) is 5. The smallest absolute Gasteiger partial charge is 0.323 e. The van der Waals surface area contributed by atoms with Crippen molar-refractivity contribution < 1.29 is 39.1 Å². The van der Waals surface area contributed by atoms with Crippen molar-refractivity contribution in [2.24, 2.45) is 0 Å². The number of nitrogens with one attached hydrogen (secondary N) is 2. The lowest BCUT2D eigenvalue weighted by Crippen LogP contribution is -2.39. The molecule has 6 aromatic rings. The normalized spacial score (nSPS) is 11.8. The number of nitrogens with zero attached hydrogens (tertiary/aromatic N) is 4. The molecule has 14 nitrogen and oxygen atoms in total. The van der Waals surface area contributed by atoms with Crippen molar-refractivity contribution >= 4 is 45.1 Å². The van der Waals surface area contributed by atoms with Crippen LogP contribution in [0.2, 0.25) is 10.0 Å². The minimum absolute atomic E-state index is 0.0108. The first-order valence-electron chi connectivity index (χ1n) is 20.5. The fraction of sp³-hybridized carbons (Fsp3) is 0.245. The average Bonchev–Trinajstić information content (AvgIpc) is 3.32. The summed E-state index contributed by atoms with van der Waals surface area (Å²) in [5.41, 5.74) is 8.01. The summed E-state index contributed by atoms with van der Waals surface area (Å²) >= 11 is 17.4. The van der Waals surface area contributed by atoms with Gasteiger partial charge in [-0.2, -0.15) is 10.5 Å². The van der Waals surface area contributed by atoms with E-state index in [0.29, 0.717) is 56.8 Å².